The molecule has 1 aliphatic carbocycles. The predicted octanol–water partition coefficient (Wildman–Crippen LogP) is 1.89. The average molecular weight is 277 g/mol. The largest absolute Gasteiger partial charge is 0.395 e. The zero-order chi connectivity index (χ0) is 14.4. The minimum atomic E-state index is -0.00949. The highest BCUT2D eigenvalue weighted by molar-refractivity contribution is 5.99. The molecule has 0 radical (unpaired) electrons. The number of hydrogen-bond acceptors (Lipinski definition) is 4. The van der Waals surface area contributed by atoms with Crippen molar-refractivity contribution < 1.29 is 9.90 Å². The molecule has 0 spiro atoms. The Morgan fingerprint density at radius 2 is 2.35 bits per heavy atom. The van der Waals surface area contributed by atoms with Gasteiger partial charge in [-0.2, -0.15) is 0 Å². The summed E-state index contributed by atoms with van der Waals surface area (Å²) in [6.45, 7) is 3.30. The first kappa shape index (κ1) is 14.8. The van der Waals surface area contributed by atoms with Crippen LogP contribution in [0.15, 0.2) is 18.5 Å². The van der Waals surface area contributed by atoms with Crippen LogP contribution in [0.5, 0.6) is 0 Å². The van der Waals surface area contributed by atoms with Gasteiger partial charge in [0.15, 0.2) is 0 Å². The number of hydrogen-bond donors (Lipinski definition) is 2. The maximum absolute atomic E-state index is 12.7. The van der Waals surface area contributed by atoms with Gasteiger partial charge in [-0.1, -0.05) is 6.92 Å². The molecule has 0 aromatic carbocycles. The minimum Gasteiger partial charge on any atom is -0.395 e. The Morgan fingerprint density at radius 3 is 2.95 bits per heavy atom. The van der Waals surface area contributed by atoms with E-state index in [1.807, 2.05) is 0 Å². The number of anilines is 1. The number of aromatic nitrogens is 1. The van der Waals surface area contributed by atoms with Crippen molar-refractivity contribution in [3.8, 4) is 0 Å². The number of amides is 1. The molecule has 1 saturated carbocycles. The molecule has 1 fully saturated rings. The van der Waals surface area contributed by atoms with Crippen LogP contribution in [-0.2, 0) is 0 Å². The van der Waals surface area contributed by atoms with Gasteiger partial charge < -0.3 is 15.3 Å². The van der Waals surface area contributed by atoms with Crippen molar-refractivity contribution in [3.63, 3.8) is 0 Å². The van der Waals surface area contributed by atoms with E-state index in [-0.39, 0.29) is 18.6 Å². The summed E-state index contributed by atoms with van der Waals surface area (Å²) < 4.78 is 0. The van der Waals surface area contributed by atoms with Gasteiger partial charge in [0.2, 0.25) is 0 Å². The van der Waals surface area contributed by atoms with Gasteiger partial charge in [-0.15, -0.1) is 0 Å². The summed E-state index contributed by atoms with van der Waals surface area (Å²) in [6, 6.07) is 2.03. The molecule has 1 heterocycles. The smallest absolute Gasteiger partial charge is 0.256 e. The molecular formula is C15H23N3O2. The molecule has 0 bridgehead atoms. The van der Waals surface area contributed by atoms with E-state index in [4.69, 9.17) is 0 Å². The highest BCUT2D eigenvalue weighted by Crippen LogP contribution is 2.27. The van der Waals surface area contributed by atoms with Crippen LogP contribution in [-0.4, -0.2) is 46.6 Å². The van der Waals surface area contributed by atoms with Crippen molar-refractivity contribution in [2.24, 2.45) is 0 Å². The molecule has 0 unspecified atom stereocenters. The number of pyridine rings is 1. The average Bonchev–Trinajstić information content (AvgIpc) is 2.42. The first-order chi connectivity index (χ1) is 9.77. The van der Waals surface area contributed by atoms with Crippen LogP contribution >= 0.6 is 0 Å². The van der Waals surface area contributed by atoms with Crippen LogP contribution in [0.1, 0.15) is 43.0 Å². The van der Waals surface area contributed by atoms with Gasteiger partial charge in [0, 0.05) is 25.3 Å². The molecular weight excluding hydrogens is 254 g/mol. The van der Waals surface area contributed by atoms with Crippen molar-refractivity contribution in [3.05, 3.63) is 24.0 Å². The minimum absolute atomic E-state index is 0.00501. The SMILES string of the molecule is CCCNc1cnccc1C(=O)N(CCO)C1CCC1. The molecule has 1 aromatic heterocycles. The van der Waals surface area contributed by atoms with Gasteiger partial charge in [-0.05, 0) is 31.7 Å². The summed E-state index contributed by atoms with van der Waals surface area (Å²) in [5.41, 5.74) is 1.43. The quantitative estimate of drug-likeness (QED) is 0.799. The lowest BCUT2D eigenvalue weighted by atomic mass is 9.91. The lowest BCUT2D eigenvalue weighted by Gasteiger charge is -2.37. The molecule has 2 rings (SSSR count). The Labute approximate surface area is 120 Å². The third-order valence-corrected chi connectivity index (χ3v) is 3.73. The highest BCUT2D eigenvalue weighted by atomic mass is 16.3. The molecule has 0 aliphatic heterocycles. The zero-order valence-corrected chi connectivity index (χ0v) is 12.0. The first-order valence-corrected chi connectivity index (χ1v) is 7.37. The molecule has 1 aromatic rings. The lowest BCUT2D eigenvalue weighted by molar-refractivity contribution is 0.0526. The molecule has 2 N–H and O–H groups in total. The Balaban J connectivity index is 2.17. The van der Waals surface area contributed by atoms with E-state index in [1.54, 1.807) is 23.4 Å². The number of carbonyl (C=O) groups excluding carboxylic acids is 1. The summed E-state index contributed by atoms with van der Waals surface area (Å²) in [7, 11) is 0. The zero-order valence-electron chi connectivity index (χ0n) is 12.0. The van der Waals surface area contributed by atoms with Crippen LogP contribution in [0, 0.1) is 0 Å². The van der Waals surface area contributed by atoms with Crippen molar-refractivity contribution in [1.29, 1.82) is 0 Å². The summed E-state index contributed by atoms with van der Waals surface area (Å²) in [5.74, 6) is -0.00949. The molecule has 0 saturated heterocycles. The Morgan fingerprint density at radius 1 is 1.55 bits per heavy atom. The third-order valence-electron chi connectivity index (χ3n) is 3.73. The van der Waals surface area contributed by atoms with Crippen LogP contribution in [0.2, 0.25) is 0 Å². The fraction of sp³-hybridized carbons (Fsp3) is 0.600. The van der Waals surface area contributed by atoms with Crippen molar-refractivity contribution in [2.45, 2.75) is 38.6 Å². The fourth-order valence-electron chi connectivity index (χ4n) is 2.39. The highest BCUT2D eigenvalue weighted by Gasteiger charge is 2.29. The van der Waals surface area contributed by atoms with E-state index in [0.29, 0.717) is 12.1 Å². The van der Waals surface area contributed by atoms with Crippen molar-refractivity contribution >= 4 is 11.6 Å². The van der Waals surface area contributed by atoms with Crippen molar-refractivity contribution in [1.82, 2.24) is 9.88 Å². The van der Waals surface area contributed by atoms with Crippen LogP contribution < -0.4 is 5.32 Å². The van der Waals surface area contributed by atoms with Crippen LogP contribution in [0.4, 0.5) is 5.69 Å². The Bertz CT molecular complexity index is 446. The van der Waals surface area contributed by atoms with E-state index in [1.165, 1.54) is 0 Å². The third kappa shape index (κ3) is 3.28. The summed E-state index contributed by atoms with van der Waals surface area (Å²) in [5, 5.41) is 12.4. The van der Waals surface area contributed by atoms with Gasteiger partial charge in [0.25, 0.3) is 5.91 Å². The summed E-state index contributed by atoms with van der Waals surface area (Å²) in [4.78, 5) is 18.6. The second-order valence-corrected chi connectivity index (χ2v) is 5.15. The maximum Gasteiger partial charge on any atom is 0.256 e. The van der Waals surface area contributed by atoms with E-state index < -0.39 is 0 Å². The van der Waals surface area contributed by atoms with E-state index in [0.717, 1.165) is 37.9 Å². The van der Waals surface area contributed by atoms with Gasteiger partial charge >= 0.3 is 0 Å². The van der Waals surface area contributed by atoms with Gasteiger partial charge in [0.05, 0.1) is 24.1 Å². The summed E-state index contributed by atoms with van der Waals surface area (Å²) in [6.07, 6.45) is 7.56. The van der Waals surface area contributed by atoms with Crippen molar-refractivity contribution in [2.75, 3.05) is 25.0 Å². The van der Waals surface area contributed by atoms with E-state index >= 15 is 0 Å². The number of nitrogens with one attached hydrogen (secondary N) is 1. The predicted molar refractivity (Wildman–Crippen MR) is 78.8 cm³/mol. The van der Waals surface area contributed by atoms with Crippen LogP contribution in [0.3, 0.4) is 0 Å². The number of carbonyl (C=O) groups is 1. The molecule has 20 heavy (non-hydrogen) atoms. The second-order valence-electron chi connectivity index (χ2n) is 5.15. The lowest BCUT2D eigenvalue weighted by Crippen LogP contribution is -2.45. The Hall–Kier alpha value is -1.62. The monoisotopic (exact) mass is 277 g/mol. The summed E-state index contributed by atoms with van der Waals surface area (Å²) >= 11 is 0. The molecule has 1 amide bonds. The first-order valence-electron chi connectivity index (χ1n) is 7.37. The maximum atomic E-state index is 12.7. The van der Waals surface area contributed by atoms with Gasteiger partial charge in [-0.25, -0.2) is 0 Å². The molecule has 1 aliphatic rings. The van der Waals surface area contributed by atoms with E-state index in [9.17, 15) is 9.90 Å². The molecule has 110 valence electrons. The van der Waals surface area contributed by atoms with E-state index in [2.05, 4.69) is 17.2 Å². The Kier molecular flexibility index (Phi) is 5.35. The second kappa shape index (κ2) is 7.24. The molecule has 5 nitrogen and oxygen atoms in total. The normalized spacial score (nSPS) is 14.7. The standard InChI is InChI=1S/C15H23N3O2/c1-2-7-17-14-11-16-8-6-13(14)15(20)18(9-10-19)12-4-3-5-12/h6,8,11-12,17,19H,2-5,7,9-10H2,1H3. The molecule has 5 heteroatoms. The molecule has 0 atom stereocenters. The topological polar surface area (TPSA) is 65.5 Å². The number of nitrogens with zero attached hydrogens (tertiary/aromatic N) is 2. The fourth-order valence-corrected chi connectivity index (χ4v) is 2.39. The number of aliphatic hydroxyl groups excluding tert-OH is 1. The van der Waals surface area contributed by atoms with Gasteiger partial charge in [0.1, 0.15) is 0 Å². The number of rotatable bonds is 7. The number of aliphatic hydroxyl groups is 1. The van der Waals surface area contributed by atoms with Gasteiger partial charge in [-0.3, -0.25) is 9.78 Å². The van der Waals surface area contributed by atoms with Crippen LogP contribution in [0.25, 0.3) is 0 Å².